The van der Waals surface area contributed by atoms with Gasteiger partial charge in [-0.3, -0.25) is 4.79 Å². The lowest BCUT2D eigenvalue weighted by Crippen LogP contribution is -2.47. The van der Waals surface area contributed by atoms with Gasteiger partial charge in [0.05, 0.1) is 0 Å². The SMILES string of the molecule is O=C(c1ccc(Br)cc1)C1(O)CCNCC1. The van der Waals surface area contributed by atoms with Crippen LogP contribution < -0.4 is 5.32 Å². The van der Waals surface area contributed by atoms with Gasteiger partial charge in [0, 0.05) is 10.0 Å². The number of aliphatic hydroxyl groups is 1. The van der Waals surface area contributed by atoms with Gasteiger partial charge in [-0.2, -0.15) is 0 Å². The molecule has 1 heterocycles. The number of Topliss-reactive ketones (excluding diaryl/α,β-unsaturated/α-hetero) is 1. The van der Waals surface area contributed by atoms with Crippen molar-refractivity contribution in [3.63, 3.8) is 0 Å². The number of benzene rings is 1. The number of carbonyl (C=O) groups excluding carboxylic acids is 1. The minimum atomic E-state index is -1.18. The molecule has 1 saturated heterocycles. The molecule has 1 aromatic rings. The van der Waals surface area contributed by atoms with E-state index >= 15 is 0 Å². The summed E-state index contributed by atoms with van der Waals surface area (Å²) in [6.07, 6.45) is 0.976. The standard InChI is InChI=1S/C12H14BrNO2/c13-10-3-1-9(2-4-10)11(15)12(16)5-7-14-8-6-12/h1-4,14,16H,5-8H2. The molecule has 0 unspecified atom stereocenters. The summed E-state index contributed by atoms with van der Waals surface area (Å²) in [6, 6.07) is 7.12. The van der Waals surface area contributed by atoms with Crippen LogP contribution in [0, 0.1) is 0 Å². The van der Waals surface area contributed by atoms with Crippen LogP contribution in [0.15, 0.2) is 28.7 Å². The Balaban J connectivity index is 2.20. The first-order valence-electron chi connectivity index (χ1n) is 5.35. The lowest BCUT2D eigenvalue weighted by atomic mass is 9.85. The molecule has 2 N–H and O–H groups in total. The normalized spacial score (nSPS) is 19.4. The molecule has 1 aliphatic heterocycles. The highest BCUT2D eigenvalue weighted by molar-refractivity contribution is 9.10. The van der Waals surface area contributed by atoms with Crippen LogP contribution >= 0.6 is 15.9 Å². The van der Waals surface area contributed by atoms with Crippen molar-refractivity contribution in [1.82, 2.24) is 5.32 Å². The zero-order valence-electron chi connectivity index (χ0n) is 8.87. The van der Waals surface area contributed by atoms with Crippen molar-refractivity contribution in [1.29, 1.82) is 0 Å². The van der Waals surface area contributed by atoms with E-state index in [-0.39, 0.29) is 5.78 Å². The summed E-state index contributed by atoms with van der Waals surface area (Å²) in [5.74, 6) is -0.165. The Morgan fingerprint density at radius 2 is 1.81 bits per heavy atom. The molecule has 2 rings (SSSR count). The molecule has 0 spiro atoms. The van der Waals surface area contributed by atoms with E-state index in [0.29, 0.717) is 31.5 Å². The number of nitrogens with one attached hydrogen (secondary N) is 1. The van der Waals surface area contributed by atoms with Gasteiger partial charge in [-0.15, -0.1) is 0 Å². The van der Waals surface area contributed by atoms with E-state index in [2.05, 4.69) is 21.2 Å². The maximum atomic E-state index is 12.1. The molecule has 0 aliphatic carbocycles. The van der Waals surface area contributed by atoms with Gasteiger partial charge in [-0.1, -0.05) is 28.1 Å². The third-order valence-electron chi connectivity index (χ3n) is 2.96. The maximum absolute atomic E-state index is 12.1. The fraction of sp³-hybridized carbons (Fsp3) is 0.417. The van der Waals surface area contributed by atoms with E-state index in [0.717, 1.165) is 4.47 Å². The smallest absolute Gasteiger partial charge is 0.194 e. The first-order chi connectivity index (χ1) is 7.62. The molecule has 0 radical (unpaired) electrons. The first kappa shape index (κ1) is 11.8. The van der Waals surface area contributed by atoms with Gasteiger partial charge in [0.1, 0.15) is 5.60 Å². The molecule has 0 saturated carbocycles. The number of rotatable bonds is 2. The van der Waals surface area contributed by atoms with Crippen LogP contribution in [-0.4, -0.2) is 29.6 Å². The minimum absolute atomic E-state index is 0.165. The minimum Gasteiger partial charge on any atom is -0.382 e. The Morgan fingerprint density at radius 1 is 1.25 bits per heavy atom. The Hall–Kier alpha value is -0.710. The number of hydrogen-bond acceptors (Lipinski definition) is 3. The molecule has 1 aromatic carbocycles. The van der Waals surface area contributed by atoms with Crippen molar-refractivity contribution >= 4 is 21.7 Å². The molecule has 0 bridgehead atoms. The number of halogens is 1. The Bertz CT molecular complexity index is 383. The molecule has 16 heavy (non-hydrogen) atoms. The van der Waals surface area contributed by atoms with E-state index in [9.17, 15) is 9.90 Å². The van der Waals surface area contributed by atoms with Crippen LogP contribution in [0.4, 0.5) is 0 Å². The summed E-state index contributed by atoms with van der Waals surface area (Å²) in [5.41, 5.74) is -0.605. The van der Waals surface area contributed by atoms with Crippen molar-refractivity contribution in [2.45, 2.75) is 18.4 Å². The van der Waals surface area contributed by atoms with E-state index in [4.69, 9.17) is 0 Å². The number of piperidine rings is 1. The van der Waals surface area contributed by atoms with Crippen LogP contribution in [0.2, 0.25) is 0 Å². The first-order valence-corrected chi connectivity index (χ1v) is 6.15. The topological polar surface area (TPSA) is 49.3 Å². The quantitative estimate of drug-likeness (QED) is 0.813. The fourth-order valence-electron chi connectivity index (χ4n) is 1.94. The molecule has 1 fully saturated rings. The van der Waals surface area contributed by atoms with Gasteiger partial charge in [0.2, 0.25) is 0 Å². The monoisotopic (exact) mass is 283 g/mol. The van der Waals surface area contributed by atoms with E-state index in [1.807, 2.05) is 12.1 Å². The predicted octanol–water partition coefficient (Wildman–Crippen LogP) is 1.75. The second-order valence-electron chi connectivity index (χ2n) is 4.12. The zero-order valence-corrected chi connectivity index (χ0v) is 10.5. The van der Waals surface area contributed by atoms with Gasteiger partial charge in [-0.25, -0.2) is 0 Å². The zero-order chi connectivity index (χ0) is 11.6. The van der Waals surface area contributed by atoms with Crippen molar-refractivity contribution in [2.75, 3.05) is 13.1 Å². The average molecular weight is 284 g/mol. The lowest BCUT2D eigenvalue weighted by molar-refractivity contribution is 0.0155. The molecular weight excluding hydrogens is 270 g/mol. The summed E-state index contributed by atoms with van der Waals surface area (Å²) in [7, 11) is 0. The summed E-state index contributed by atoms with van der Waals surface area (Å²) < 4.78 is 0.932. The predicted molar refractivity (Wildman–Crippen MR) is 65.5 cm³/mol. The second kappa shape index (κ2) is 4.65. The Labute approximate surface area is 103 Å². The molecule has 1 aliphatic rings. The van der Waals surface area contributed by atoms with Gasteiger partial charge in [0.25, 0.3) is 0 Å². The van der Waals surface area contributed by atoms with Gasteiger partial charge >= 0.3 is 0 Å². The highest BCUT2D eigenvalue weighted by atomic mass is 79.9. The highest BCUT2D eigenvalue weighted by Crippen LogP contribution is 2.24. The summed E-state index contributed by atoms with van der Waals surface area (Å²) in [4.78, 5) is 12.1. The Morgan fingerprint density at radius 3 is 2.38 bits per heavy atom. The van der Waals surface area contributed by atoms with Crippen molar-refractivity contribution in [3.8, 4) is 0 Å². The van der Waals surface area contributed by atoms with E-state index in [1.54, 1.807) is 12.1 Å². The van der Waals surface area contributed by atoms with Crippen LogP contribution in [0.3, 0.4) is 0 Å². The fourth-order valence-corrected chi connectivity index (χ4v) is 2.20. The molecule has 86 valence electrons. The maximum Gasteiger partial charge on any atom is 0.194 e. The van der Waals surface area contributed by atoms with Crippen LogP contribution in [-0.2, 0) is 0 Å². The summed E-state index contributed by atoms with van der Waals surface area (Å²) >= 11 is 3.32. The molecule has 4 heteroatoms. The third kappa shape index (κ3) is 2.34. The molecule has 0 atom stereocenters. The Kier molecular flexibility index (Phi) is 3.42. The van der Waals surface area contributed by atoms with Crippen LogP contribution in [0.1, 0.15) is 23.2 Å². The molecule has 3 nitrogen and oxygen atoms in total. The number of ketones is 1. The summed E-state index contributed by atoms with van der Waals surface area (Å²) in [5, 5.41) is 13.4. The van der Waals surface area contributed by atoms with E-state index < -0.39 is 5.60 Å². The largest absolute Gasteiger partial charge is 0.382 e. The summed E-state index contributed by atoms with van der Waals surface area (Å²) in [6.45, 7) is 1.39. The second-order valence-corrected chi connectivity index (χ2v) is 5.03. The average Bonchev–Trinajstić information content (AvgIpc) is 2.30. The molecule has 0 aromatic heterocycles. The molecule has 0 amide bonds. The van der Waals surface area contributed by atoms with Crippen molar-refractivity contribution in [2.24, 2.45) is 0 Å². The third-order valence-corrected chi connectivity index (χ3v) is 3.49. The van der Waals surface area contributed by atoms with Crippen LogP contribution in [0.25, 0.3) is 0 Å². The molecular formula is C12H14BrNO2. The van der Waals surface area contributed by atoms with Crippen molar-refractivity contribution < 1.29 is 9.90 Å². The van der Waals surface area contributed by atoms with Gasteiger partial charge in [0.15, 0.2) is 5.78 Å². The number of hydrogen-bond donors (Lipinski definition) is 2. The van der Waals surface area contributed by atoms with Crippen molar-refractivity contribution in [3.05, 3.63) is 34.3 Å². The highest BCUT2D eigenvalue weighted by Gasteiger charge is 2.37. The number of carbonyl (C=O) groups is 1. The van der Waals surface area contributed by atoms with Gasteiger partial charge < -0.3 is 10.4 Å². The lowest BCUT2D eigenvalue weighted by Gasteiger charge is -2.31. The van der Waals surface area contributed by atoms with Gasteiger partial charge in [-0.05, 0) is 38.1 Å². The van der Waals surface area contributed by atoms with E-state index in [1.165, 1.54) is 0 Å². The van der Waals surface area contributed by atoms with Crippen LogP contribution in [0.5, 0.6) is 0 Å².